The molecule has 3 nitrogen and oxygen atoms in total. The number of likely N-dealkylation sites (tertiary alicyclic amines) is 1. The minimum absolute atomic E-state index is 0.0537. The third kappa shape index (κ3) is 4.14. The Kier molecular flexibility index (Phi) is 5.37. The number of rotatable bonds is 4. The number of carbonyl (C=O) groups is 1. The average molecular weight is 315 g/mol. The molecule has 1 aliphatic heterocycles. The fourth-order valence-corrected chi connectivity index (χ4v) is 4.64. The second-order valence-electron chi connectivity index (χ2n) is 7.85. The lowest BCUT2D eigenvalue weighted by Gasteiger charge is -2.37. The predicted octanol–water partition coefficient (Wildman–Crippen LogP) is 2.35. The zero-order valence-electron chi connectivity index (χ0n) is 14.6. The van der Waals surface area contributed by atoms with Gasteiger partial charge in [-0.15, -0.1) is 0 Å². The van der Waals surface area contributed by atoms with Gasteiger partial charge in [0.05, 0.1) is 13.1 Å². The first-order chi connectivity index (χ1) is 11.1. The van der Waals surface area contributed by atoms with Crippen LogP contribution in [-0.4, -0.2) is 25.0 Å². The van der Waals surface area contributed by atoms with Crippen molar-refractivity contribution in [2.75, 3.05) is 13.1 Å². The summed E-state index contributed by atoms with van der Waals surface area (Å²) < 4.78 is 0. The molecular formula is C20H31N2O+. The molecule has 3 rings (SSSR count). The van der Waals surface area contributed by atoms with Crippen LogP contribution in [0.15, 0.2) is 30.3 Å². The van der Waals surface area contributed by atoms with Gasteiger partial charge in [-0.1, -0.05) is 57.0 Å². The highest BCUT2D eigenvalue weighted by Crippen LogP contribution is 2.20. The SMILES string of the molecule is CC1CC(C)C[NH+](C(C(=O)NC2CCCC2)c2ccccc2)C1. The molecule has 3 unspecified atom stereocenters. The average Bonchev–Trinajstić information content (AvgIpc) is 3.00. The third-order valence-electron chi connectivity index (χ3n) is 5.53. The highest BCUT2D eigenvalue weighted by Gasteiger charge is 2.37. The number of nitrogens with one attached hydrogen (secondary N) is 2. The molecule has 126 valence electrons. The molecule has 0 bridgehead atoms. The molecular weight excluding hydrogens is 284 g/mol. The van der Waals surface area contributed by atoms with Crippen molar-refractivity contribution in [2.45, 2.75) is 58.0 Å². The number of quaternary nitrogens is 1. The first-order valence-corrected chi connectivity index (χ1v) is 9.33. The van der Waals surface area contributed by atoms with Crippen molar-refractivity contribution in [1.29, 1.82) is 0 Å². The molecule has 1 saturated carbocycles. The molecule has 0 radical (unpaired) electrons. The van der Waals surface area contributed by atoms with Gasteiger partial charge in [0.15, 0.2) is 6.04 Å². The standard InChI is InChI=1S/C20H30N2O/c1-15-12-16(2)14-22(13-15)19(17-8-4-3-5-9-17)20(23)21-18-10-6-7-11-18/h3-5,8-9,15-16,18-19H,6-7,10-14H2,1-2H3,(H,21,23)/p+1. The van der Waals surface area contributed by atoms with Gasteiger partial charge >= 0.3 is 0 Å². The van der Waals surface area contributed by atoms with Gasteiger partial charge < -0.3 is 10.2 Å². The summed E-state index contributed by atoms with van der Waals surface area (Å²) in [4.78, 5) is 14.5. The van der Waals surface area contributed by atoms with Crippen LogP contribution in [0.2, 0.25) is 0 Å². The molecule has 1 aliphatic carbocycles. The lowest BCUT2D eigenvalue weighted by molar-refractivity contribution is -0.933. The fourth-order valence-electron chi connectivity index (χ4n) is 4.64. The van der Waals surface area contributed by atoms with Crippen LogP contribution in [-0.2, 0) is 4.79 Å². The quantitative estimate of drug-likeness (QED) is 0.878. The van der Waals surface area contributed by atoms with Crippen molar-refractivity contribution in [3.05, 3.63) is 35.9 Å². The van der Waals surface area contributed by atoms with Crippen molar-refractivity contribution < 1.29 is 9.69 Å². The van der Waals surface area contributed by atoms with E-state index in [9.17, 15) is 4.79 Å². The summed E-state index contributed by atoms with van der Waals surface area (Å²) in [5, 5.41) is 3.34. The number of amides is 1. The van der Waals surface area contributed by atoms with Gasteiger partial charge in [0.25, 0.3) is 5.91 Å². The van der Waals surface area contributed by atoms with Crippen molar-refractivity contribution in [3.8, 4) is 0 Å². The Balaban J connectivity index is 1.79. The molecule has 2 fully saturated rings. The fraction of sp³-hybridized carbons (Fsp3) is 0.650. The van der Waals surface area contributed by atoms with Gasteiger partial charge in [-0.2, -0.15) is 0 Å². The molecule has 1 saturated heterocycles. The second-order valence-corrected chi connectivity index (χ2v) is 7.85. The summed E-state index contributed by atoms with van der Waals surface area (Å²) in [5.41, 5.74) is 1.17. The Bertz CT molecular complexity index is 500. The maximum Gasteiger partial charge on any atom is 0.283 e. The van der Waals surface area contributed by atoms with Crippen molar-refractivity contribution in [3.63, 3.8) is 0 Å². The minimum atomic E-state index is -0.0537. The van der Waals surface area contributed by atoms with Crippen molar-refractivity contribution in [2.24, 2.45) is 11.8 Å². The minimum Gasteiger partial charge on any atom is -0.348 e. The topological polar surface area (TPSA) is 33.5 Å². The number of piperidine rings is 1. The largest absolute Gasteiger partial charge is 0.348 e. The van der Waals surface area contributed by atoms with Gasteiger partial charge in [-0.25, -0.2) is 0 Å². The molecule has 1 aromatic rings. The van der Waals surface area contributed by atoms with Crippen LogP contribution >= 0.6 is 0 Å². The Morgan fingerprint density at radius 1 is 1.09 bits per heavy atom. The lowest BCUT2D eigenvalue weighted by Crippen LogP contribution is -3.15. The molecule has 23 heavy (non-hydrogen) atoms. The molecule has 3 atom stereocenters. The molecule has 0 aromatic heterocycles. The van der Waals surface area contributed by atoms with E-state index >= 15 is 0 Å². The maximum atomic E-state index is 13.1. The van der Waals surface area contributed by atoms with Crippen LogP contribution in [0.25, 0.3) is 0 Å². The maximum absolute atomic E-state index is 13.1. The first kappa shape index (κ1) is 16.5. The number of hydrogen-bond acceptors (Lipinski definition) is 1. The smallest absolute Gasteiger partial charge is 0.283 e. The van der Waals surface area contributed by atoms with E-state index in [-0.39, 0.29) is 11.9 Å². The van der Waals surface area contributed by atoms with E-state index in [1.165, 1.54) is 29.7 Å². The molecule has 1 heterocycles. The number of hydrogen-bond donors (Lipinski definition) is 2. The van der Waals surface area contributed by atoms with E-state index in [1.807, 2.05) is 6.07 Å². The molecule has 1 aromatic carbocycles. The monoisotopic (exact) mass is 315 g/mol. The molecule has 0 spiro atoms. The summed E-state index contributed by atoms with van der Waals surface area (Å²) in [7, 11) is 0. The second kappa shape index (κ2) is 7.48. The number of carbonyl (C=O) groups excluding carboxylic acids is 1. The van der Waals surface area contributed by atoms with Crippen molar-refractivity contribution in [1.82, 2.24) is 5.32 Å². The van der Waals surface area contributed by atoms with Crippen LogP contribution in [0, 0.1) is 11.8 Å². The van der Waals surface area contributed by atoms with E-state index < -0.39 is 0 Å². The van der Waals surface area contributed by atoms with Crippen LogP contribution in [0.1, 0.15) is 57.6 Å². The predicted molar refractivity (Wildman–Crippen MR) is 93.2 cm³/mol. The van der Waals surface area contributed by atoms with E-state index in [4.69, 9.17) is 0 Å². The summed E-state index contributed by atoms with van der Waals surface area (Å²) in [6.07, 6.45) is 6.09. The summed E-state index contributed by atoms with van der Waals surface area (Å²) in [6.45, 7) is 6.85. The zero-order valence-corrected chi connectivity index (χ0v) is 14.6. The van der Waals surface area contributed by atoms with E-state index in [2.05, 4.69) is 43.4 Å². The van der Waals surface area contributed by atoms with Gasteiger partial charge in [-0.3, -0.25) is 4.79 Å². The van der Waals surface area contributed by atoms with Crippen LogP contribution in [0.5, 0.6) is 0 Å². The highest BCUT2D eigenvalue weighted by molar-refractivity contribution is 5.82. The molecule has 2 aliphatic rings. The van der Waals surface area contributed by atoms with Crippen LogP contribution < -0.4 is 10.2 Å². The van der Waals surface area contributed by atoms with E-state index in [1.54, 1.807) is 0 Å². The van der Waals surface area contributed by atoms with Gasteiger partial charge in [0.1, 0.15) is 0 Å². The first-order valence-electron chi connectivity index (χ1n) is 9.33. The van der Waals surface area contributed by atoms with E-state index in [0.717, 1.165) is 25.9 Å². The number of benzene rings is 1. The summed E-state index contributed by atoms with van der Waals surface area (Å²) in [6, 6.07) is 10.7. The summed E-state index contributed by atoms with van der Waals surface area (Å²) in [5.74, 6) is 1.62. The zero-order chi connectivity index (χ0) is 16.2. The lowest BCUT2D eigenvalue weighted by atomic mass is 9.89. The Hall–Kier alpha value is -1.35. The highest BCUT2D eigenvalue weighted by atomic mass is 16.2. The Morgan fingerprint density at radius 2 is 1.70 bits per heavy atom. The van der Waals surface area contributed by atoms with Gasteiger partial charge in [0.2, 0.25) is 0 Å². The Morgan fingerprint density at radius 3 is 2.30 bits per heavy atom. The van der Waals surface area contributed by atoms with Crippen LogP contribution in [0.3, 0.4) is 0 Å². The van der Waals surface area contributed by atoms with Gasteiger partial charge in [-0.05, 0) is 19.3 Å². The van der Waals surface area contributed by atoms with Gasteiger partial charge in [0, 0.05) is 23.4 Å². The molecule has 1 amide bonds. The molecule has 3 heteroatoms. The van der Waals surface area contributed by atoms with Crippen molar-refractivity contribution >= 4 is 5.91 Å². The third-order valence-corrected chi connectivity index (χ3v) is 5.53. The van der Waals surface area contributed by atoms with Crippen LogP contribution in [0.4, 0.5) is 0 Å². The summed E-state index contributed by atoms with van der Waals surface area (Å²) >= 11 is 0. The Labute approximate surface area is 140 Å². The molecule has 2 N–H and O–H groups in total. The van der Waals surface area contributed by atoms with E-state index in [0.29, 0.717) is 17.9 Å². The normalized spacial score (nSPS) is 30.1.